The van der Waals surface area contributed by atoms with E-state index in [-0.39, 0.29) is 6.04 Å². The third-order valence-electron chi connectivity index (χ3n) is 3.38. The summed E-state index contributed by atoms with van der Waals surface area (Å²) in [6.45, 7) is 3.87. The van der Waals surface area contributed by atoms with Gasteiger partial charge in [-0.2, -0.15) is 0 Å². The molecule has 1 saturated heterocycles. The highest BCUT2D eigenvalue weighted by molar-refractivity contribution is 5.94. The number of nitrogens with one attached hydrogen (secondary N) is 1. The lowest BCUT2D eigenvalue weighted by Gasteiger charge is -2.33. The molecule has 1 aliphatic heterocycles. The number of rotatable bonds is 3. The molecule has 1 atom stereocenters. The summed E-state index contributed by atoms with van der Waals surface area (Å²) in [5.41, 5.74) is -0.445. The summed E-state index contributed by atoms with van der Waals surface area (Å²) in [5.74, 6) is -2.15. The Hall–Kier alpha value is -1.49. The van der Waals surface area contributed by atoms with E-state index < -0.39 is 23.1 Å². The summed E-state index contributed by atoms with van der Waals surface area (Å²) in [7, 11) is 0. The second-order valence-electron chi connectivity index (χ2n) is 4.74. The van der Waals surface area contributed by atoms with E-state index in [0.29, 0.717) is 13.1 Å². The topological polar surface area (TPSA) is 32.3 Å². The van der Waals surface area contributed by atoms with Crippen molar-refractivity contribution in [1.29, 1.82) is 0 Å². The fourth-order valence-corrected chi connectivity index (χ4v) is 2.48. The Morgan fingerprint density at radius 3 is 2.74 bits per heavy atom. The number of carbonyl (C=O) groups excluding carboxylic acids is 1. The first-order valence-corrected chi connectivity index (χ1v) is 6.60. The molecule has 1 heterocycles. The van der Waals surface area contributed by atoms with Crippen molar-refractivity contribution in [2.24, 2.45) is 0 Å². The standard InChI is InChI=1S/C14H18F2N2O/c1-2-17-10-5-4-8-18(9-10)14(19)13-11(15)6-3-7-12(13)16/h3,6-7,10,17H,2,4-5,8-9H2,1H3. The number of likely N-dealkylation sites (tertiary alicyclic amines) is 1. The van der Waals surface area contributed by atoms with E-state index in [1.54, 1.807) is 0 Å². The van der Waals surface area contributed by atoms with Crippen molar-refractivity contribution in [2.45, 2.75) is 25.8 Å². The van der Waals surface area contributed by atoms with Gasteiger partial charge in [0.1, 0.15) is 17.2 Å². The molecule has 1 aromatic rings. The van der Waals surface area contributed by atoms with Crippen LogP contribution < -0.4 is 5.32 Å². The third kappa shape index (κ3) is 3.10. The molecule has 0 bridgehead atoms. The molecule has 0 saturated carbocycles. The Morgan fingerprint density at radius 2 is 2.11 bits per heavy atom. The van der Waals surface area contributed by atoms with E-state index in [0.717, 1.165) is 31.5 Å². The van der Waals surface area contributed by atoms with Crippen molar-refractivity contribution in [3.63, 3.8) is 0 Å². The van der Waals surface area contributed by atoms with Crippen molar-refractivity contribution < 1.29 is 13.6 Å². The number of hydrogen-bond acceptors (Lipinski definition) is 2. The van der Waals surface area contributed by atoms with Gasteiger partial charge in [0.25, 0.3) is 5.91 Å². The van der Waals surface area contributed by atoms with Crippen LogP contribution in [0.5, 0.6) is 0 Å². The highest BCUT2D eigenvalue weighted by Gasteiger charge is 2.27. The number of halogens is 2. The van der Waals surface area contributed by atoms with Gasteiger partial charge in [-0.3, -0.25) is 4.79 Å². The maximum absolute atomic E-state index is 13.6. The Balaban J connectivity index is 2.15. The number of benzene rings is 1. The van der Waals surface area contributed by atoms with Crippen molar-refractivity contribution >= 4 is 5.91 Å². The molecule has 0 aliphatic carbocycles. The van der Waals surface area contributed by atoms with Crippen LogP contribution in [0.1, 0.15) is 30.1 Å². The lowest BCUT2D eigenvalue weighted by Crippen LogP contribution is -2.48. The molecule has 0 aromatic heterocycles. The predicted molar refractivity (Wildman–Crippen MR) is 69.0 cm³/mol. The third-order valence-corrected chi connectivity index (χ3v) is 3.38. The minimum Gasteiger partial charge on any atom is -0.337 e. The van der Waals surface area contributed by atoms with Gasteiger partial charge in [-0.05, 0) is 31.5 Å². The molecule has 19 heavy (non-hydrogen) atoms. The van der Waals surface area contributed by atoms with Crippen molar-refractivity contribution in [2.75, 3.05) is 19.6 Å². The summed E-state index contributed by atoms with van der Waals surface area (Å²) < 4.78 is 27.2. The molecule has 0 spiro atoms. The SMILES string of the molecule is CCNC1CCCN(C(=O)c2c(F)cccc2F)C1. The zero-order valence-electron chi connectivity index (χ0n) is 11.0. The summed E-state index contributed by atoms with van der Waals surface area (Å²) in [6, 6.07) is 3.70. The summed E-state index contributed by atoms with van der Waals surface area (Å²) in [5, 5.41) is 3.27. The minimum absolute atomic E-state index is 0.206. The van der Waals surface area contributed by atoms with Gasteiger partial charge in [0.05, 0.1) is 0 Å². The normalized spacial score (nSPS) is 19.5. The van der Waals surface area contributed by atoms with Crippen LogP contribution in [0, 0.1) is 11.6 Å². The second-order valence-corrected chi connectivity index (χ2v) is 4.74. The van der Waals surface area contributed by atoms with E-state index in [9.17, 15) is 13.6 Å². The van der Waals surface area contributed by atoms with Gasteiger partial charge >= 0.3 is 0 Å². The van der Waals surface area contributed by atoms with Crippen LogP contribution in [-0.4, -0.2) is 36.5 Å². The maximum atomic E-state index is 13.6. The zero-order valence-corrected chi connectivity index (χ0v) is 11.0. The van der Waals surface area contributed by atoms with E-state index >= 15 is 0 Å². The van der Waals surface area contributed by atoms with Crippen molar-refractivity contribution in [3.05, 3.63) is 35.4 Å². The van der Waals surface area contributed by atoms with Gasteiger partial charge in [-0.25, -0.2) is 8.78 Å². The van der Waals surface area contributed by atoms with Gasteiger partial charge in [0, 0.05) is 19.1 Å². The van der Waals surface area contributed by atoms with Crippen LogP contribution in [0.2, 0.25) is 0 Å². The van der Waals surface area contributed by atoms with Crippen molar-refractivity contribution in [1.82, 2.24) is 10.2 Å². The molecular formula is C14H18F2N2O. The summed E-state index contributed by atoms with van der Waals surface area (Å²) in [4.78, 5) is 13.7. The molecule has 1 N–H and O–H groups in total. The summed E-state index contributed by atoms with van der Waals surface area (Å²) in [6.07, 6.45) is 1.83. The fourth-order valence-electron chi connectivity index (χ4n) is 2.48. The number of piperidine rings is 1. The molecule has 1 amide bonds. The van der Waals surface area contributed by atoms with Crippen molar-refractivity contribution in [3.8, 4) is 0 Å². The number of carbonyl (C=O) groups is 1. The predicted octanol–water partition coefficient (Wildman–Crippen LogP) is 2.18. The van der Waals surface area contributed by atoms with E-state index in [2.05, 4.69) is 5.32 Å². The van der Waals surface area contributed by atoms with Gasteiger partial charge in [0.2, 0.25) is 0 Å². The Labute approximate surface area is 111 Å². The molecular weight excluding hydrogens is 250 g/mol. The molecule has 1 aromatic carbocycles. The number of hydrogen-bond donors (Lipinski definition) is 1. The van der Waals surface area contributed by atoms with Gasteiger partial charge in [0.15, 0.2) is 0 Å². The molecule has 2 rings (SSSR count). The van der Waals surface area contributed by atoms with Crippen LogP contribution in [-0.2, 0) is 0 Å². The smallest absolute Gasteiger partial charge is 0.259 e. The van der Waals surface area contributed by atoms with Crippen LogP contribution >= 0.6 is 0 Å². The first-order valence-electron chi connectivity index (χ1n) is 6.60. The number of likely N-dealkylation sites (N-methyl/N-ethyl adjacent to an activating group) is 1. The lowest BCUT2D eigenvalue weighted by atomic mass is 10.0. The van der Waals surface area contributed by atoms with E-state index in [1.807, 2.05) is 6.92 Å². The zero-order chi connectivity index (χ0) is 13.8. The Kier molecular flexibility index (Phi) is 4.47. The van der Waals surface area contributed by atoms with E-state index in [4.69, 9.17) is 0 Å². The average Bonchev–Trinajstić information content (AvgIpc) is 2.39. The minimum atomic E-state index is -0.796. The first kappa shape index (κ1) is 13.9. The van der Waals surface area contributed by atoms with Crippen LogP contribution in [0.25, 0.3) is 0 Å². The quantitative estimate of drug-likeness (QED) is 0.911. The number of amides is 1. The highest BCUT2D eigenvalue weighted by atomic mass is 19.1. The molecule has 104 valence electrons. The average molecular weight is 268 g/mol. The number of nitrogens with zero attached hydrogens (tertiary/aromatic N) is 1. The Morgan fingerprint density at radius 1 is 1.42 bits per heavy atom. The van der Waals surface area contributed by atoms with Crippen LogP contribution in [0.4, 0.5) is 8.78 Å². The molecule has 1 fully saturated rings. The van der Waals surface area contributed by atoms with E-state index in [1.165, 1.54) is 11.0 Å². The van der Waals surface area contributed by atoms with Crippen LogP contribution in [0.15, 0.2) is 18.2 Å². The van der Waals surface area contributed by atoms with Crippen LogP contribution in [0.3, 0.4) is 0 Å². The fraction of sp³-hybridized carbons (Fsp3) is 0.500. The Bertz CT molecular complexity index is 443. The maximum Gasteiger partial charge on any atom is 0.259 e. The largest absolute Gasteiger partial charge is 0.337 e. The first-order chi connectivity index (χ1) is 9.13. The lowest BCUT2D eigenvalue weighted by molar-refractivity contribution is 0.0686. The second kappa shape index (κ2) is 6.10. The van der Waals surface area contributed by atoms with Gasteiger partial charge in [-0.1, -0.05) is 13.0 Å². The molecule has 1 unspecified atom stereocenters. The molecule has 1 aliphatic rings. The monoisotopic (exact) mass is 268 g/mol. The summed E-state index contributed by atoms with van der Waals surface area (Å²) >= 11 is 0. The molecule has 5 heteroatoms. The molecule has 0 radical (unpaired) electrons. The molecule has 3 nitrogen and oxygen atoms in total. The van der Waals surface area contributed by atoms with Gasteiger partial charge in [-0.15, -0.1) is 0 Å². The van der Waals surface area contributed by atoms with Gasteiger partial charge < -0.3 is 10.2 Å². The highest BCUT2D eigenvalue weighted by Crippen LogP contribution is 2.18.